The minimum Gasteiger partial charge on any atom is -0.335 e. The van der Waals surface area contributed by atoms with Gasteiger partial charge in [0.25, 0.3) is 0 Å². The van der Waals surface area contributed by atoms with Crippen molar-refractivity contribution < 1.29 is 4.79 Å². The molecule has 1 N–H and O–H groups in total. The molecule has 116 valence electrons. The third-order valence-corrected chi connectivity index (χ3v) is 4.52. The monoisotopic (exact) mass is 334 g/mol. The quantitative estimate of drug-likeness (QED) is 0.566. The predicted molar refractivity (Wildman–Crippen MR) is 91.2 cm³/mol. The van der Waals surface area contributed by atoms with Crippen LogP contribution in [0.2, 0.25) is 0 Å². The van der Waals surface area contributed by atoms with E-state index in [0.29, 0.717) is 24.0 Å². The Morgan fingerprint density at radius 2 is 2.18 bits per heavy atom. The number of H-pyrrole nitrogens is 1. The zero-order valence-corrected chi connectivity index (χ0v) is 13.8. The van der Waals surface area contributed by atoms with Gasteiger partial charge in [-0.3, -0.25) is 9.89 Å². The zero-order chi connectivity index (χ0) is 15.8. The van der Waals surface area contributed by atoms with Crippen molar-refractivity contribution in [3.63, 3.8) is 0 Å². The van der Waals surface area contributed by atoms with Gasteiger partial charge in [0.15, 0.2) is 0 Å². The fourth-order valence-corrected chi connectivity index (χ4v) is 3.24. The van der Waals surface area contributed by atoms with Gasteiger partial charge in [-0.1, -0.05) is 30.0 Å². The molecule has 0 saturated heterocycles. The minimum absolute atomic E-state index is 0.0226. The van der Waals surface area contributed by atoms with Gasteiger partial charge in [0.2, 0.25) is 11.1 Å². The number of nitrogens with zero attached hydrogens (tertiary/aromatic N) is 3. The first-order chi connectivity index (χ1) is 10.7. The lowest BCUT2D eigenvalue weighted by molar-refractivity contribution is -0.127. The smallest absolute Gasteiger partial charge is 0.233 e. The molecular formula is C15H18N4OS2. The molecule has 0 aliphatic heterocycles. The van der Waals surface area contributed by atoms with E-state index < -0.39 is 0 Å². The minimum atomic E-state index is 0.0226. The number of thioether (sulfide) groups is 1. The van der Waals surface area contributed by atoms with Crippen LogP contribution >= 0.6 is 23.1 Å². The van der Waals surface area contributed by atoms with E-state index in [9.17, 15) is 4.79 Å². The Hall–Kier alpha value is -1.86. The van der Waals surface area contributed by atoms with Crippen molar-refractivity contribution >= 4 is 29.0 Å². The van der Waals surface area contributed by atoms with Crippen molar-refractivity contribution in [2.75, 3.05) is 18.8 Å². The molecule has 0 bridgehead atoms. The van der Waals surface area contributed by atoms with E-state index in [2.05, 4.69) is 34.4 Å². The molecule has 0 atom stereocenters. The molecule has 2 aromatic heterocycles. The highest BCUT2D eigenvalue weighted by Crippen LogP contribution is 2.16. The molecule has 2 heterocycles. The molecule has 1 amide bonds. The van der Waals surface area contributed by atoms with Gasteiger partial charge in [-0.05, 0) is 11.4 Å². The molecule has 0 unspecified atom stereocenters. The summed E-state index contributed by atoms with van der Waals surface area (Å²) < 4.78 is 0. The number of aromatic amines is 1. The third kappa shape index (κ3) is 4.85. The van der Waals surface area contributed by atoms with Gasteiger partial charge in [-0.25, -0.2) is 4.98 Å². The molecule has 0 fully saturated rings. The second kappa shape index (κ2) is 8.55. The lowest BCUT2D eigenvalue weighted by Gasteiger charge is -2.18. The fraction of sp³-hybridized carbons (Fsp3) is 0.267. The normalized spacial score (nSPS) is 10.4. The summed E-state index contributed by atoms with van der Waals surface area (Å²) in [5, 5.41) is 9.69. The Bertz CT molecular complexity index is 611. The fourth-order valence-electron chi connectivity index (χ4n) is 1.81. The summed E-state index contributed by atoms with van der Waals surface area (Å²) in [6.07, 6.45) is 4.15. The van der Waals surface area contributed by atoms with Crippen LogP contribution in [0.15, 0.2) is 48.0 Å². The van der Waals surface area contributed by atoms with Crippen LogP contribution < -0.4 is 0 Å². The number of hydrogen-bond donors (Lipinski definition) is 1. The molecule has 0 spiro atoms. The number of nitrogens with one attached hydrogen (secondary N) is 1. The molecule has 7 heteroatoms. The molecule has 2 rings (SSSR count). The van der Waals surface area contributed by atoms with Crippen LogP contribution in [0.4, 0.5) is 0 Å². The number of rotatable bonds is 9. The number of carbonyl (C=O) groups is 1. The molecule has 0 radical (unpaired) electrons. The first-order valence-corrected chi connectivity index (χ1v) is 8.65. The number of thiophene rings is 1. The van der Waals surface area contributed by atoms with E-state index in [0.717, 1.165) is 12.2 Å². The maximum atomic E-state index is 12.1. The molecule has 22 heavy (non-hydrogen) atoms. The van der Waals surface area contributed by atoms with E-state index in [1.165, 1.54) is 16.6 Å². The van der Waals surface area contributed by atoms with Crippen molar-refractivity contribution in [2.24, 2.45) is 0 Å². The molecular weight excluding hydrogens is 316 g/mol. The standard InChI is InChI=1S/C15H18N4OS2/c1-3-7-19(8-4-2)14(20)11-22-15-16-13(17-18-15)10-12-6-5-9-21-12/h3-6,9H,1-2,7-8,10-11H2,(H,16,17,18). The second-order valence-electron chi connectivity index (χ2n) is 4.49. The highest BCUT2D eigenvalue weighted by Gasteiger charge is 2.13. The first-order valence-electron chi connectivity index (χ1n) is 6.79. The lowest BCUT2D eigenvalue weighted by atomic mass is 10.3. The van der Waals surface area contributed by atoms with E-state index in [1.807, 2.05) is 11.4 Å². The average molecular weight is 334 g/mol. The average Bonchev–Trinajstić information content (AvgIpc) is 3.17. The largest absolute Gasteiger partial charge is 0.335 e. The van der Waals surface area contributed by atoms with Crippen molar-refractivity contribution in [2.45, 2.75) is 11.6 Å². The van der Waals surface area contributed by atoms with Crippen LogP contribution in [0, 0.1) is 0 Å². The lowest BCUT2D eigenvalue weighted by Crippen LogP contribution is -2.32. The van der Waals surface area contributed by atoms with Gasteiger partial charge in [0, 0.05) is 24.4 Å². The SMILES string of the molecule is C=CCN(CC=C)C(=O)CSc1n[nH]c(Cc2cccs2)n1. The highest BCUT2D eigenvalue weighted by molar-refractivity contribution is 7.99. The van der Waals surface area contributed by atoms with E-state index in [4.69, 9.17) is 0 Å². The van der Waals surface area contributed by atoms with Crippen molar-refractivity contribution in [3.8, 4) is 0 Å². The Labute approximate surface area is 138 Å². The van der Waals surface area contributed by atoms with Crippen LogP contribution in [0.3, 0.4) is 0 Å². The molecule has 0 aliphatic rings. The molecule has 2 aromatic rings. The maximum absolute atomic E-state index is 12.1. The van der Waals surface area contributed by atoms with E-state index in [1.54, 1.807) is 28.4 Å². The Morgan fingerprint density at radius 1 is 1.41 bits per heavy atom. The first kappa shape index (κ1) is 16.5. The second-order valence-corrected chi connectivity index (χ2v) is 6.46. The Kier molecular flexibility index (Phi) is 6.42. The topological polar surface area (TPSA) is 61.9 Å². The predicted octanol–water partition coefficient (Wildman–Crippen LogP) is 2.75. The van der Waals surface area contributed by atoms with Crippen LogP contribution in [-0.2, 0) is 11.2 Å². The van der Waals surface area contributed by atoms with Gasteiger partial charge in [-0.2, -0.15) is 0 Å². The van der Waals surface area contributed by atoms with Crippen LogP contribution in [0.25, 0.3) is 0 Å². The van der Waals surface area contributed by atoms with Crippen LogP contribution in [-0.4, -0.2) is 44.8 Å². The summed E-state index contributed by atoms with van der Waals surface area (Å²) in [5.41, 5.74) is 0. The summed E-state index contributed by atoms with van der Waals surface area (Å²) in [6, 6.07) is 4.07. The van der Waals surface area contributed by atoms with Crippen LogP contribution in [0.1, 0.15) is 10.7 Å². The highest BCUT2D eigenvalue weighted by atomic mass is 32.2. The molecule has 0 aromatic carbocycles. The Morgan fingerprint density at radius 3 is 2.82 bits per heavy atom. The summed E-state index contributed by atoms with van der Waals surface area (Å²) >= 11 is 3.02. The van der Waals surface area contributed by atoms with Crippen molar-refractivity contribution in [3.05, 3.63) is 53.5 Å². The van der Waals surface area contributed by atoms with E-state index >= 15 is 0 Å². The van der Waals surface area contributed by atoms with Crippen molar-refractivity contribution in [1.29, 1.82) is 0 Å². The van der Waals surface area contributed by atoms with Crippen molar-refractivity contribution in [1.82, 2.24) is 20.1 Å². The number of hydrogen-bond acceptors (Lipinski definition) is 5. The number of carbonyl (C=O) groups excluding carboxylic acids is 1. The van der Waals surface area contributed by atoms with Crippen LogP contribution in [0.5, 0.6) is 0 Å². The van der Waals surface area contributed by atoms with Gasteiger partial charge in [0.1, 0.15) is 5.82 Å². The summed E-state index contributed by atoms with van der Waals surface area (Å²) in [7, 11) is 0. The number of aromatic nitrogens is 3. The zero-order valence-electron chi connectivity index (χ0n) is 12.2. The molecule has 0 aliphatic carbocycles. The third-order valence-electron chi connectivity index (χ3n) is 2.81. The number of amides is 1. The molecule has 0 saturated carbocycles. The Balaban J connectivity index is 1.86. The van der Waals surface area contributed by atoms with Gasteiger partial charge < -0.3 is 4.90 Å². The van der Waals surface area contributed by atoms with E-state index in [-0.39, 0.29) is 5.91 Å². The summed E-state index contributed by atoms with van der Waals surface area (Å²) in [5.74, 6) is 1.14. The van der Waals surface area contributed by atoms with Gasteiger partial charge in [-0.15, -0.1) is 29.6 Å². The van der Waals surface area contributed by atoms with Gasteiger partial charge >= 0.3 is 0 Å². The summed E-state index contributed by atoms with van der Waals surface area (Å²) in [4.78, 5) is 19.4. The molecule has 5 nitrogen and oxygen atoms in total. The maximum Gasteiger partial charge on any atom is 0.233 e. The summed E-state index contributed by atoms with van der Waals surface area (Å²) in [6.45, 7) is 8.35. The van der Waals surface area contributed by atoms with Gasteiger partial charge in [0.05, 0.1) is 5.75 Å².